The monoisotopic (exact) mass is 357 g/mol. The molecule has 0 bridgehead atoms. The lowest BCUT2D eigenvalue weighted by Gasteiger charge is -2.14. The zero-order valence-corrected chi connectivity index (χ0v) is 14.5. The summed E-state index contributed by atoms with van der Waals surface area (Å²) in [5, 5.41) is 7.71. The minimum Gasteiger partial charge on any atom is -0.349 e. The van der Waals surface area contributed by atoms with Crippen LogP contribution in [0.4, 0.5) is 15.8 Å². The van der Waals surface area contributed by atoms with Gasteiger partial charge in [0.2, 0.25) is 11.8 Å². The first kappa shape index (κ1) is 19.1. The summed E-state index contributed by atoms with van der Waals surface area (Å²) in [6, 6.07) is 12.2. The van der Waals surface area contributed by atoms with Crippen molar-refractivity contribution in [2.45, 2.75) is 26.3 Å². The van der Waals surface area contributed by atoms with Gasteiger partial charge in [-0.3, -0.25) is 14.4 Å². The molecule has 2 aromatic carbocycles. The van der Waals surface area contributed by atoms with Gasteiger partial charge in [-0.2, -0.15) is 0 Å². The predicted molar refractivity (Wildman–Crippen MR) is 97.3 cm³/mol. The van der Waals surface area contributed by atoms with E-state index in [-0.39, 0.29) is 23.9 Å². The van der Waals surface area contributed by atoms with Gasteiger partial charge in [0.1, 0.15) is 5.82 Å². The van der Waals surface area contributed by atoms with E-state index in [0.29, 0.717) is 11.3 Å². The SMILES string of the molecule is CC(=O)Nc1cc(NC(=O)CC(C)NC(=O)c2ccccc2)ccc1F. The molecule has 0 saturated heterocycles. The van der Waals surface area contributed by atoms with Crippen molar-refractivity contribution in [3.8, 4) is 0 Å². The van der Waals surface area contributed by atoms with Crippen LogP contribution in [0.25, 0.3) is 0 Å². The van der Waals surface area contributed by atoms with Gasteiger partial charge < -0.3 is 16.0 Å². The van der Waals surface area contributed by atoms with Crippen LogP contribution in [0.1, 0.15) is 30.6 Å². The fourth-order valence-corrected chi connectivity index (χ4v) is 2.33. The molecule has 2 aromatic rings. The lowest BCUT2D eigenvalue weighted by Crippen LogP contribution is -2.35. The molecule has 3 amide bonds. The van der Waals surface area contributed by atoms with Gasteiger partial charge in [0.25, 0.3) is 5.91 Å². The number of hydrogen-bond acceptors (Lipinski definition) is 3. The third kappa shape index (κ3) is 5.70. The molecule has 3 N–H and O–H groups in total. The Morgan fingerprint density at radius 2 is 1.73 bits per heavy atom. The van der Waals surface area contributed by atoms with E-state index < -0.39 is 17.8 Å². The maximum absolute atomic E-state index is 13.6. The molecular formula is C19H20FN3O3. The maximum atomic E-state index is 13.6. The number of nitrogens with one attached hydrogen (secondary N) is 3. The third-order valence-electron chi connectivity index (χ3n) is 3.47. The zero-order valence-electron chi connectivity index (χ0n) is 14.5. The van der Waals surface area contributed by atoms with E-state index in [4.69, 9.17) is 0 Å². The normalized spacial score (nSPS) is 11.3. The number of carbonyl (C=O) groups is 3. The Morgan fingerprint density at radius 1 is 1.04 bits per heavy atom. The summed E-state index contributed by atoms with van der Waals surface area (Å²) in [4.78, 5) is 35.2. The van der Waals surface area contributed by atoms with Gasteiger partial charge in [0.15, 0.2) is 0 Å². The van der Waals surface area contributed by atoms with Gasteiger partial charge in [-0.05, 0) is 37.3 Å². The minimum absolute atomic E-state index is 0.0132. The van der Waals surface area contributed by atoms with Crippen molar-refractivity contribution in [2.75, 3.05) is 10.6 Å². The van der Waals surface area contributed by atoms with Gasteiger partial charge >= 0.3 is 0 Å². The quantitative estimate of drug-likeness (QED) is 0.743. The summed E-state index contributed by atoms with van der Waals surface area (Å²) in [6.45, 7) is 2.98. The fraction of sp³-hybridized carbons (Fsp3) is 0.211. The second kappa shape index (κ2) is 8.75. The molecule has 1 atom stereocenters. The summed E-state index contributed by atoms with van der Waals surface area (Å²) >= 11 is 0. The van der Waals surface area contributed by atoms with E-state index in [9.17, 15) is 18.8 Å². The Balaban J connectivity index is 1.91. The van der Waals surface area contributed by atoms with Crippen molar-refractivity contribution in [3.05, 3.63) is 59.9 Å². The van der Waals surface area contributed by atoms with E-state index in [0.717, 1.165) is 6.07 Å². The van der Waals surface area contributed by atoms with Crippen LogP contribution in [0.3, 0.4) is 0 Å². The average molecular weight is 357 g/mol. The van der Waals surface area contributed by atoms with E-state index >= 15 is 0 Å². The van der Waals surface area contributed by atoms with E-state index in [1.165, 1.54) is 19.1 Å². The first-order valence-electron chi connectivity index (χ1n) is 8.08. The number of carbonyl (C=O) groups excluding carboxylic acids is 3. The molecule has 6 nitrogen and oxygen atoms in total. The summed E-state index contributed by atoms with van der Waals surface area (Å²) in [5.41, 5.74) is 0.848. The molecule has 2 rings (SSSR count). The minimum atomic E-state index is -0.596. The molecule has 0 aliphatic heterocycles. The number of amides is 3. The van der Waals surface area contributed by atoms with Crippen LogP contribution in [0, 0.1) is 5.82 Å². The highest BCUT2D eigenvalue weighted by Gasteiger charge is 2.14. The Morgan fingerprint density at radius 3 is 2.38 bits per heavy atom. The molecule has 7 heteroatoms. The average Bonchev–Trinajstić information content (AvgIpc) is 2.58. The van der Waals surface area contributed by atoms with Crippen molar-refractivity contribution in [2.24, 2.45) is 0 Å². The van der Waals surface area contributed by atoms with Gasteiger partial charge in [0, 0.05) is 30.6 Å². The highest BCUT2D eigenvalue weighted by molar-refractivity contribution is 5.96. The largest absolute Gasteiger partial charge is 0.349 e. The molecule has 136 valence electrons. The molecule has 1 unspecified atom stereocenters. The Bertz CT molecular complexity index is 809. The molecule has 26 heavy (non-hydrogen) atoms. The van der Waals surface area contributed by atoms with Crippen molar-refractivity contribution < 1.29 is 18.8 Å². The lowest BCUT2D eigenvalue weighted by molar-refractivity contribution is -0.116. The summed E-state index contributed by atoms with van der Waals surface area (Å²) in [6.07, 6.45) is 0.0470. The molecule has 0 spiro atoms. The van der Waals surface area contributed by atoms with E-state index in [1.807, 2.05) is 6.07 Å². The second-order valence-corrected chi connectivity index (χ2v) is 5.87. The molecule has 0 heterocycles. The highest BCUT2D eigenvalue weighted by atomic mass is 19.1. The summed E-state index contributed by atoms with van der Waals surface area (Å²) < 4.78 is 13.6. The smallest absolute Gasteiger partial charge is 0.251 e. The van der Waals surface area contributed by atoms with Crippen LogP contribution in [-0.2, 0) is 9.59 Å². The van der Waals surface area contributed by atoms with Gasteiger partial charge in [-0.15, -0.1) is 0 Å². The number of hydrogen-bond donors (Lipinski definition) is 3. The second-order valence-electron chi connectivity index (χ2n) is 5.87. The molecule has 0 aromatic heterocycles. The number of anilines is 2. The van der Waals surface area contributed by atoms with E-state index in [1.54, 1.807) is 31.2 Å². The molecular weight excluding hydrogens is 337 g/mol. The van der Waals surface area contributed by atoms with Gasteiger partial charge in [0.05, 0.1) is 5.69 Å². The third-order valence-corrected chi connectivity index (χ3v) is 3.47. The zero-order chi connectivity index (χ0) is 19.1. The fourth-order valence-electron chi connectivity index (χ4n) is 2.33. The van der Waals surface area contributed by atoms with Crippen LogP contribution in [0.5, 0.6) is 0 Å². The first-order valence-corrected chi connectivity index (χ1v) is 8.08. The van der Waals surface area contributed by atoms with Crippen molar-refractivity contribution in [3.63, 3.8) is 0 Å². The van der Waals surface area contributed by atoms with Crippen LogP contribution in [-0.4, -0.2) is 23.8 Å². The number of benzene rings is 2. The Hall–Kier alpha value is -3.22. The van der Waals surface area contributed by atoms with Crippen molar-refractivity contribution in [1.82, 2.24) is 5.32 Å². The van der Waals surface area contributed by atoms with Gasteiger partial charge in [-0.25, -0.2) is 4.39 Å². The predicted octanol–water partition coefficient (Wildman–Crippen LogP) is 2.93. The number of halogens is 1. The maximum Gasteiger partial charge on any atom is 0.251 e. The Kier molecular flexibility index (Phi) is 6.43. The Labute approximate surface area is 150 Å². The van der Waals surface area contributed by atoms with Crippen LogP contribution in [0.15, 0.2) is 48.5 Å². The summed E-state index contributed by atoms with van der Waals surface area (Å²) in [5.74, 6) is -1.61. The van der Waals surface area contributed by atoms with Crippen molar-refractivity contribution in [1.29, 1.82) is 0 Å². The topological polar surface area (TPSA) is 87.3 Å². The molecule has 0 radical (unpaired) electrons. The molecule has 0 aliphatic rings. The van der Waals surface area contributed by atoms with Crippen LogP contribution in [0.2, 0.25) is 0 Å². The van der Waals surface area contributed by atoms with Gasteiger partial charge in [-0.1, -0.05) is 18.2 Å². The molecule has 0 fully saturated rings. The van der Waals surface area contributed by atoms with Crippen molar-refractivity contribution >= 4 is 29.1 Å². The summed E-state index contributed by atoms with van der Waals surface area (Å²) in [7, 11) is 0. The lowest BCUT2D eigenvalue weighted by atomic mass is 10.1. The van der Waals surface area contributed by atoms with E-state index in [2.05, 4.69) is 16.0 Å². The van der Waals surface area contributed by atoms with Crippen LogP contribution >= 0.6 is 0 Å². The standard InChI is InChI=1S/C19H20FN3O3/c1-12(21-19(26)14-6-4-3-5-7-14)10-18(25)23-15-8-9-16(20)17(11-15)22-13(2)24/h3-9,11-12H,10H2,1-2H3,(H,21,26)(H,22,24)(H,23,25). The number of rotatable bonds is 6. The highest BCUT2D eigenvalue weighted by Crippen LogP contribution is 2.20. The van der Waals surface area contributed by atoms with Crippen LogP contribution < -0.4 is 16.0 Å². The molecule has 0 saturated carbocycles. The first-order chi connectivity index (χ1) is 12.3. The molecule has 0 aliphatic carbocycles.